The van der Waals surface area contributed by atoms with Crippen molar-refractivity contribution < 1.29 is 19.0 Å². The Morgan fingerprint density at radius 1 is 0.900 bits per heavy atom. The Kier molecular flexibility index (Phi) is 6.06. The minimum atomic E-state index is -0.691. The molecule has 40 heavy (non-hydrogen) atoms. The van der Waals surface area contributed by atoms with Gasteiger partial charge in [0.25, 0.3) is 5.56 Å². The van der Waals surface area contributed by atoms with Gasteiger partial charge in [0, 0.05) is 17.2 Å². The summed E-state index contributed by atoms with van der Waals surface area (Å²) in [5.74, 6) is 3.80. The van der Waals surface area contributed by atoms with E-state index in [9.17, 15) is 9.59 Å². The van der Waals surface area contributed by atoms with Crippen molar-refractivity contribution in [2.45, 2.75) is 64.0 Å². The minimum Gasteiger partial charge on any atom is -0.497 e. The normalized spacial score (nSPS) is 29.6. The first-order chi connectivity index (χ1) is 19.4. The minimum absolute atomic E-state index is 0.0903. The summed E-state index contributed by atoms with van der Waals surface area (Å²) in [5, 5.41) is 0. The van der Waals surface area contributed by atoms with Gasteiger partial charge < -0.3 is 18.8 Å². The molecule has 3 aromatic rings. The Morgan fingerprint density at radius 2 is 1.45 bits per heavy atom. The fraction of sp³-hybridized carbons (Fsp3) is 0.471. The van der Waals surface area contributed by atoms with Crippen LogP contribution in [0.5, 0.6) is 17.2 Å². The van der Waals surface area contributed by atoms with Crippen LogP contribution in [0.15, 0.2) is 59.4 Å². The van der Waals surface area contributed by atoms with Crippen LogP contribution in [0.4, 0.5) is 0 Å². The summed E-state index contributed by atoms with van der Waals surface area (Å²) in [6.07, 6.45) is 6.06. The maximum atomic E-state index is 14.6. The van der Waals surface area contributed by atoms with Gasteiger partial charge in [-0.1, -0.05) is 24.3 Å². The topological polar surface area (TPSA) is 66.8 Å². The highest BCUT2D eigenvalue weighted by Crippen LogP contribution is 2.61. The number of fused-ring (bicyclic) bond motifs is 1. The molecule has 6 nitrogen and oxygen atoms in total. The molecule has 0 spiro atoms. The smallest absolute Gasteiger partial charge is 0.258 e. The monoisotopic (exact) mass is 539 g/mol. The number of methoxy groups -OCH3 is 2. The molecule has 8 rings (SSSR count). The van der Waals surface area contributed by atoms with Crippen LogP contribution in [0.3, 0.4) is 0 Å². The maximum Gasteiger partial charge on any atom is 0.258 e. The van der Waals surface area contributed by atoms with Crippen molar-refractivity contribution in [2.24, 2.45) is 23.2 Å². The van der Waals surface area contributed by atoms with Crippen molar-refractivity contribution in [2.75, 3.05) is 14.2 Å². The van der Waals surface area contributed by atoms with Gasteiger partial charge in [0.05, 0.1) is 32.2 Å². The van der Waals surface area contributed by atoms with E-state index in [-0.39, 0.29) is 16.8 Å². The summed E-state index contributed by atoms with van der Waals surface area (Å²) in [4.78, 5) is 28.9. The molecule has 0 unspecified atom stereocenters. The lowest BCUT2D eigenvalue weighted by atomic mass is 9.48. The Labute approximate surface area is 235 Å². The molecule has 0 saturated heterocycles. The van der Waals surface area contributed by atoms with Crippen LogP contribution in [-0.2, 0) is 11.3 Å². The number of ketones is 1. The summed E-state index contributed by atoms with van der Waals surface area (Å²) in [6, 6.07) is 17.5. The number of nitrogens with zero attached hydrogens (tertiary/aromatic N) is 1. The third kappa shape index (κ3) is 4.06. The summed E-state index contributed by atoms with van der Waals surface area (Å²) in [5.41, 5.74) is 2.92. The Hall–Kier alpha value is -3.54. The van der Waals surface area contributed by atoms with E-state index in [4.69, 9.17) is 14.2 Å². The summed E-state index contributed by atoms with van der Waals surface area (Å²) < 4.78 is 19.1. The molecule has 6 heteroatoms. The molecule has 5 aliphatic rings. The van der Waals surface area contributed by atoms with E-state index in [1.807, 2.05) is 61.5 Å². The van der Waals surface area contributed by atoms with E-state index >= 15 is 0 Å². The first-order valence-electron chi connectivity index (χ1n) is 14.6. The van der Waals surface area contributed by atoms with Crippen LogP contribution < -0.4 is 19.8 Å². The van der Waals surface area contributed by atoms with Crippen molar-refractivity contribution in [1.29, 1.82) is 0 Å². The van der Waals surface area contributed by atoms with E-state index in [1.54, 1.807) is 18.8 Å². The van der Waals surface area contributed by atoms with Gasteiger partial charge >= 0.3 is 0 Å². The number of carbonyl (C=O) groups excluding carboxylic acids is 1. The lowest BCUT2D eigenvalue weighted by Gasteiger charge is -2.56. The van der Waals surface area contributed by atoms with Gasteiger partial charge in [-0.25, -0.2) is 0 Å². The standard InChI is InChI=1S/C34H37NO5/c1-20-12-28-30(33(37)35(20)19-21-4-8-26(38-2)9-5-21)29(25-6-10-27(39-3)11-7-25)31(40-28)32(36)34-16-22-13-23(17-34)15-24(14-22)18-34/h4-12,22-24,29,31H,13-19H2,1-3H3/t22?,23?,24?,29-,31-,34?/m1/s1. The molecule has 208 valence electrons. The summed E-state index contributed by atoms with van der Waals surface area (Å²) in [7, 11) is 3.29. The number of hydrogen-bond donors (Lipinski definition) is 0. The first kappa shape index (κ1) is 25.4. The van der Waals surface area contributed by atoms with Crippen molar-refractivity contribution in [3.8, 4) is 17.2 Å². The fourth-order valence-electron chi connectivity index (χ4n) is 8.68. The number of benzene rings is 2. The molecule has 2 atom stereocenters. The van der Waals surface area contributed by atoms with E-state index in [2.05, 4.69) is 0 Å². The van der Waals surface area contributed by atoms with E-state index < -0.39 is 12.0 Å². The lowest BCUT2D eigenvalue weighted by molar-refractivity contribution is -0.151. The highest BCUT2D eigenvalue weighted by Gasteiger charge is 2.58. The van der Waals surface area contributed by atoms with Gasteiger partial charge in [-0.15, -0.1) is 0 Å². The highest BCUT2D eigenvalue weighted by atomic mass is 16.5. The number of hydrogen-bond acceptors (Lipinski definition) is 5. The third-order valence-electron chi connectivity index (χ3n) is 10.2. The van der Waals surface area contributed by atoms with Crippen molar-refractivity contribution in [3.05, 3.63) is 87.3 Å². The second kappa shape index (κ2) is 9.53. The molecule has 2 heterocycles. The molecular weight excluding hydrogens is 502 g/mol. The Morgan fingerprint density at radius 3 is 2.00 bits per heavy atom. The second-order valence-corrected chi connectivity index (χ2v) is 12.7. The van der Waals surface area contributed by atoms with Crippen LogP contribution in [0.25, 0.3) is 0 Å². The predicted octanol–water partition coefficient (Wildman–Crippen LogP) is 5.90. The van der Waals surface area contributed by atoms with Gasteiger partial charge in [-0.2, -0.15) is 0 Å². The molecule has 1 aromatic heterocycles. The average Bonchev–Trinajstić information content (AvgIpc) is 3.33. The number of rotatable bonds is 7. The number of aryl methyl sites for hydroxylation is 1. The molecule has 0 radical (unpaired) electrons. The Balaban J connectivity index is 1.30. The molecular formula is C34H37NO5. The maximum absolute atomic E-state index is 14.6. The van der Waals surface area contributed by atoms with E-state index in [0.717, 1.165) is 47.6 Å². The van der Waals surface area contributed by atoms with Crippen molar-refractivity contribution in [3.63, 3.8) is 0 Å². The van der Waals surface area contributed by atoms with Crippen molar-refractivity contribution in [1.82, 2.24) is 4.57 Å². The number of pyridine rings is 1. The zero-order valence-corrected chi connectivity index (χ0v) is 23.5. The van der Waals surface area contributed by atoms with Gasteiger partial charge in [0.1, 0.15) is 17.2 Å². The highest BCUT2D eigenvalue weighted by molar-refractivity contribution is 5.92. The SMILES string of the molecule is COc1ccc(Cn2c(C)cc3c(c2=O)[C@@H](c2ccc(OC)cc2)[C@H](C(=O)C24CC5CC(CC(C5)C2)C4)O3)cc1. The molecule has 4 aliphatic carbocycles. The van der Waals surface area contributed by atoms with Gasteiger partial charge in [0.2, 0.25) is 0 Å². The van der Waals surface area contributed by atoms with Crippen LogP contribution >= 0.6 is 0 Å². The van der Waals surface area contributed by atoms with Gasteiger partial charge in [-0.05, 0) is 98.6 Å². The zero-order valence-electron chi connectivity index (χ0n) is 23.5. The second-order valence-electron chi connectivity index (χ2n) is 12.7. The Bertz CT molecular complexity index is 1470. The zero-order chi connectivity index (χ0) is 27.6. The number of carbonyl (C=O) groups is 1. The molecule has 4 saturated carbocycles. The molecule has 1 aliphatic heterocycles. The molecule has 0 amide bonds. The summed E-state index contributed by atoms with van der Waals surface area (Å²) >= 11 is 0. The van der Waals surface area contributed by atoms with Gasteiger partial charge in [-0.3, -0.25) is 9.59 Å². The van der Waals surface area contributed by atoms with Crippen molar-refractivity contribution >= 4 is 5.78 Å². The van der Waals surface area contributed by atoms with Gasteiger partial charge in [0.15, 0.2) is 11.9 Å². The third-order valence-corrected chi connectivity index (χ3v) is 10.2. The molecule has 4 fully saturated rings. The number of Topliss-reactive ketones (excluding diaryl/α,β-unsaturated/α-hetero) is 1. The number of ether oxygens (including phenoxy) is 3. The molecule has 2 aromatic carbocycles. The van der Waals surface area contributed by atoms with Crippen LogP contribution in [0.1, 0.15) is 66.8 Å². The quantitative estimate of drug-likeness (QED) is 0.374. The largest absolute Gasteiger partial charge is 0.497 e. The van der Waals surface area contributed by atoms with Crippen LogP contribution in [0, 0.1) is 30.1 Å². The van der Waals surface area contributed by atoms with E-state index in [0.29, 0.717) is 35.6 Å². The number of aromatic nitrogens is 1. The van der Waals surface area contributed by atoms with E-state index in [1.165, 1.54) is 19.3 Å². The molecule has 4 bridgehead atoms. The fourth-order valence-corrected chi connectivity index (χ4v) is 8.68. The van der Waals surface area contributed by atoms with Crippen LogP contribution in [-0.4, -0.2) is 30.7 Å². The summed E-state index contributed by atoms with van der Waals surface area (Å²) in [6.45, 7) is 2.37. The molecule has 0 N–H and O–H groups in total. The first-order valence-corrected chi connectivity index (χ1v) is 14.6. The lowest BCUT2D eigenvalue weighted by Crippen LogP contribution is -2.54. The average molecular weight is 540 g/mol. The predicted molar refractivity (Wildman–Crippen MR) is 152 cm³/mol. The van der Waals surface area contributed by atoms with Crippen LogP contribution in [0.2, 0.25) is 0 Å².